The first-order valence-electron chi connectivity index (χ1n) is 11.5. The normalized spacial score (nSPS) is 17.5. The summed E-state index contributed by atoms with van der Waals surface area (Å²) >= 11 is 0. The Bertz CT molecular complexity index is 888. The molecule has 0 saturated carbocycles. The molecule has 4 rings (SSSR count). The average molecular weight is 423 g/mol. The summed E-state index contributed by atoms with van der Waals surface area (Å²) in [5.74, 6) is 1.92. The third kappa shape index (κ3) is 5.21. The van der Waals surface area contributed by atoms with Gasteiger partial charge in [-0.1, -0.05) is 18.2 Å². The molecular weight excluding hydrogens is 388 g/mol. The summed E-state index contributed by atoms with van der Waals surface area (Å²) in [6.45, 7) is 11.8. The fraction of sp³-hybridized carbons (Fsp3) is 0.500. The van der Waals surface area contributed by atoms with Gasteiger partial charge in [0.2, 0.25) is 0 Å². The van der Waals surface area contributed by atoms with Crippen molar-refractivity contribution in [2.75, 3.05) is 13.1 Å². The van der Waals surface area contributed by atoms with Gasteiger partial charge in [0.05, 0.1) is 12.2 Å². The van der Waals surface area contributed by atoms with Gasteiger partial charge in [0.15, 0.2) is 0 Å². The molecule has 2 aromatic rings. The van der Waals surface area contributed by atoms with Crippen LogP contribution in [0.3, 0.4) is 0 Å². The summed E-state index contributed by atoms with van der Waals surface area (Å²) in [5, 5.41) is 0. The molecule has 31 heavy (non-hydrogen) atoms. The van der Waals surface area contributed by atoms with Crippen LogP contribution in [0, 0.1) is 0 Å². The highest BCUT2D eigenvalue weighted by molar-refractivity contribution is 5.98. The molecule has 2 heterocycles. The van der Waals surface area contributed by atoms with Crippen LogP contribution in [0.1, 0.15) is 62.0 Å². The van der Waals surface area contributed by atoms with Gasteiger partial charge in [-0.2, -0.15) is 0 Å². The monoisotopic (exact) mass is 422 g/mol. The van der Waals surface area contributed by atoms with Crippen molar-refractivity contribution in [2.24, 2.45) is 0 Å². The van der Waals surface area contributed by atoms with Crippen LogP contribution in [-0.4, -0.2) is 47.0 Å². The molecule has 2 aromatic carbocycles. The van der Waals surface area contributed by atoms with Gasteiger partial charge in [0.25, 0.3) is 5.91 Å². The van der Waals surface area contributed by atoms with Gasteiger partial charge < -0.3 is 14.4 Å². The second-order valence-electron chi connectivity index (χ2n) is 9.24. The SMILES string of the molecule is CC(C)Oc1cc(CN2CCC(N3Cc4ccccc4C3=O)CC2)cc(OC(C)C)c1. The number of benzene rings is 2. The van der Waals surface area contributed by atoms with Crippen molar-refractivity contribution in [1.82, 2.24) is 9.80 Å². The number of hydrogen-bond acceptors (Lipinski definition) is 4. The first kappa shape index (κ1) is 21.7. The van der Waals surface area contributed by atoms with Crippen LogP contribution in [0.4, 0.5) is 0 Å². The first-order chi connectivity index (χ1) is 14.9. The van der Waals surface area contributed by atoms with Crippen LogP contribution in [0.5, 0.6) is 11.5 Å². The molecule has 0 N–H and O–H groups in total. The zero-order valence-electron chi connectivity index (χ0n) is 19.1. The number of amides is 1. The van der Waals surface area contributed by atoms with E-state index >= 15 is 0 Å². The number of carbonyl (C=O) groups is 1. The van der Waals surface area contributed by atoms with E-state index in [0.717, 1.165) is 61.6 Å². The first-order valence-corrected chi connectivity index (χ1v) is 11.5. The Morgan fingerprint density at radius 3 is 2.13 bits per heavy atom. The van der Waals surface area contributed by atoms with Crippen LogP contribution >= 0.6 is 0 Å². The second-order valence-corrected chi connectivity index (χ2v) is 9.24. The third-order valence-electron chi connectivity index (χ3n) is 5.94. The van der Waals surface area contributed by atoms with Crippen molar-refractivity contribution in [3.63, 3.8) is 0 Å². The molecule has 0 atom stereocenters. The second kappa shape index (κ2) is 9.31. The average Bonchev–Trinajstić information content (AvgIpc) is 3.04. The van der Waals surface area contributed by atoms with E-state index in [0.29, 0.717) is 6.04 Å². The Balaban J connectivity index is 1.38. The van der Waals surface area contributed by atoms with Crippen molar-refractivity contribution in [2.45, 2.75) is 71.9 Å². The molecule has 1 fully saturated rings. The minimum Gasteiger partial charge on any atom is -0.491 e. The number of rotatable bonds is 7. The Kier molecular flexibility index (Phi) is 6.51. The number of likely N-dealkylation sites (tertiary alicyclic amines) is 1. The van der Waals surface area contributed by atoms with Crippen LogP contribution in [0.25, 0.3) is 0 Å². The van der Waals surface area contributed by atoms with Gasteiger partial charge in [-0.15, -0.1) is 0 Å². The zero-order chi connectivity index (χ0) is 22.0. The Morgan fingerprint density at radius 2 is 1.55 bits per heavy atom. The molecule has 0 spiro atoms. The van der Waals surface area contributed by atoms with Gasteiger partial charge in [0, 0.05) is 43.9 Å². The minimum atomic E-state index is 0.125. The Morgan fingerprint density at radius 1 is 0.935 bits per heavy atom. The van der Waals surface area contributed by atoms with Crippen molar-refractivity contribution in [3.8, 4) is 11.5 Å². The van der Waals surface area contributed by atoms with Crippen LogP contribution in [0.15, 0.2) is 42.5 Å². The topological polar surface area (TPSA) is 42.0 Å². The Hall–Kier alpha value is -2.53. The Labute approximate surface area is 185 Å². The lowest BCUT2D eigenvalue weighted by Gasteiger charge is -2.36. The maximum absolute atomic E-state index is 12.8. The molecule has 1 saturated heterocycles. The fourth-order valence-electron chi connectivity index (χ4n) is 4.62. The summed E-state index contributed by atoms with van der Waals surface area (Å²) < 4.78 is 11.9. The molecule has 5 heteroatoms. The summed E-state index contributed by atoms with van der Waals surface area (Å²) in [7, 11) is 0. The molecule has 0 aliphatic carbocycles. The van der Waals surface area contributed by atoms with Crippen LogP contribution < -0.4 is 9.47 Å². The van der Waals surface area contributed by atoms with Gasteiger partial charge in [-0.05, 0) is 69.9 Å². The number of piperidine rings is 1. The highest BCUT2D eigenvalue weighted by atomic mass is 16.5. The lowest BCUT2D eigenvalue weighted by Crippen LogP contribution is -2.44. The highest BCUT2D eigenvalue weighted by Crippen LogP contribution is 2.30. The maximum Gasteiger partial charge on any atom is 0.254 e. The highest BCUT2D eigenvalue weighted by Gasteiger charge is 2.34. The van der Waals surface area contributed by atoms with E-state index in [9.17, 15) is 4.79 Å². The molecule has 166 valence electrons. The van der Waals surface area contributed by atoms with Gasteiger partial charge >= 0.3 is 0 Å². The number of ether oxygens (including phenoxy) is 2. The predicted octanol–water partition coefficient (Wildman–Crippen LogP) is 4.88. The van der Waals surface area contributed by atoms with E-state index in [4.69, 9.17) is 9.47 Å². The van der Waals surface area contributed by atoms with E-state index in [1.165, 1.54) is 5.56 Å². The van der Waals surface area contributed by atoms with E-state index in [-0.39, 0.29) is 18.1 Å². The smallest absolute Gasteiger partial charge is 0.254 e. The maximum atomic E-state index is 12.8. The molecule has 0 aromatic heterocycles. The van der Waals surface area contributed by atoms with E-state index in [2.05, 4.69) is 28.0 Å². The molecule has 0 unspecified atom stereocenters. The molecule has 2 aliphatic heterocycles. The van der Waals surface area contributed by atoms with Crippen molar-refractivity contribution < 1.29 is 14.3 Å². The van der Waals surface area contributed by atoms with Crippen molar-refractivity contribution in [3.05, 3.63) is 59.2 Å². The van der Waals surface area contributed by atoms with Gasteiger partial charge in [-0.25, -0.2) is 0 Å². The number of hydrogen-bond donors (Lipinski definition) is 0. The van der Waals surface area contributed by atoms with Crippen molar-refractivity contribution >= 4 is 5.91 Å². The van der Waals surface area contributed by atoms with Crippen LogP contribution in [-0.2, 0) is 13.1 Å². The number of fused-ring (bicyclic) bond motifs is 1. The molecule has 0 radical (unpaired) electrons. The standard InChI is InChI=1S/C26H34N2O3/c1-18(2)30-23-13-20(14-24(15-23)31-19(3)4)16-27-11-9-22(10-12-27)28-17-21-7-5-6-8-25(21)26(28)29/h5-8,13-15,18-19,22H,9-12,16-17H2,1-4H3. The quantitative estimate of drug-likeness (QED) is 0.638. The molecule has 2 aliphatic rings. The van der Waals surface area contributed by atoms with E-state index in [1.54, 1.807) is 0 Å². The molecule has 1 amide bonds. The predicted molar refractivity (Wildman–Crippen MR) is 123 cm³/mol. The molecular formula is C26H34N2O3. The molecule has 5 nitrogen and oxygen atoms in total. The van der Waals surface area contributed by atoms with E-state index < -0.39 is 0 Å². The van der Waals surface area contributed by atoms with E-state index in [1.807, 2.05) is 52.0 Å². The molecule has 0 bridgehead atoms. The third-order valence-corrected chi connectivity index (χ3v) is 5.94. The number of nitrogens with zero attached hydrogens (tertiary/aromatic N) is 2. The van der Waals surface area contributed by atoms with Gasteiger partial charge in [0.1, 0.15) is 11.5 Å². The largest absolute Gasteiger partial charge is 0.491 e. The minimum absolute atomic E-state index is 0.125. The fourth-order valence-corrected chi connectivity index (χ4v) is 4.62. The summed E-state index contributed by atoms with van der Waals surface area (Å²) in [5.41, 5.74) is 3.25. The summed E-state index contributed by atoms with van der Waals surface area (Å²) in [4.78, 5) is 17.4. The summed E-state index contributed by atoms with van der Waals surface area (Å²) in [6.07, 6.45) is 2.27. The summed E-state index contributed by atoms with van der Waals surface area (Å²) in [6, 6.07) is 14.6. The lowest BCUT2D eigenvalue weighted by atomic mass is 10.0. The van der Waals surface area contributed by atoms with Gasteiger partial charge in [-0.3, -0.25) is 9.69 Å². The zero-order valence-corrected chi connectivity index (χ0v) is 19.1. The van der Waals surface area contributed by atoms with Crippen molar-refractivity contribution in [1.29, 1.82) is 0 Å². The number of carbonyl (C=O) groups excluding carboxylic acids is 1. The van der Waals surface area contributed by atoms with Crippen LogP contribution in [0.2, 0.25) is 0 Å². The lowest BCUT2D eigenvalue weighted by molar-refractivity contribution is 0.0590.